The number of carbonyl (C=O) groups is 1. The Morgan fingerprint density at radius 3 is 2.60 bits per heavy atom. The van der Waals surface area contributed by atoms with Gasteiger partial charge in [-0.05, 0) is 36.4 Å². The van der Waals surface area contributed by atoms with Gasteiger partial charge >= 0.3 is 0 Å². The summed E-state index contributed by atoms with van der Waals surface area (Å²) >= 11 is 13.1. The third kappa shape index (κ3) is 5.47. The van der Waals surface area contributed by atoms with Crippen LogP contribution in [-0.4, -0.2) is 35.8 Å². The molecule has 3 aromatic rings. The monoisotopic (exact) mass is 465 g/mol. The first kappa shape index (κ1) is 22.0. The Balaban J connectivity index is 1.75. The predicted molar refractivity (Wildman–Crippen MR) is 119 cm³/mol. The Labute approximate surface area is 186 Å². The van der Waals surface area contributed by atoms with Crippen molar-refractivity contribution in [1.29, 1.82) is 0 Å². The van der Waals surface area contributed by atoms with Crippen molar-refractivity contribution < 1.29 is 14.3 Å². The van der Waals surface area contributed by atoms with E-state index >= 15 is 0 Å². The van der Waals surface area contributed by atoms with Gasteiger partial charge in [-0.2, -0.15) is 0 Å². The van der Waals surface area contributed by atoms with Gasteiger partial charge in [0.1, 0.15) is 0 Å². The van der Waals surface area contributed by atoms with Gasteiger partial charge in [-0.15, -0.1) is 0 Å². The van der Waals surface area contributed by atoms with Crippen molar-refractivity contribution in [3.05, 3.63) is 62.9 Å². The molecule has 0 radical (unpaired) electrons. The van der Waals surface area contributed by atoms with Crippen molar-refractivity contribution in [2.45, 2.75) is 5.16 Å². The van der Waals surface area contributed by atoms with Gasteiger partial charge in [0, 0.05) is 16.7 Å². The molecule has 0 aliphatic rings. The van der Waals surface area contributed by atoms with Gasteiger partial charge in [0.2, 0.25) is 5.91 Å². The van der Waals surface area contributed by atoms with Gasteiger partial charge in [-0.3, -0.25) is 9.59 Å². The number of nitrogens with one attached hydrogen (secondary N) is 2. The minimum atomic E-state index is -0.337. The van der Waals surface area contributed by atoms with E-state index in [1.807, 2.05) is 0 Å². The highest BCUT2D eigenvalue weighted by molar-refractivity contribution is 7.99. The first-order chi connectivity index (χ1) is 14.4. The van der Waals surface area contributed by atoms with E-state index in [2.05, 4.69) is 15.3 Å². The van der Waals surface area contributed by atoms with E-state index in [1.54, 1.807) is 43.5 Å². The van der Waals surface area contributed by atoms with Crippen molar-refractivity contribution in [2.24, 2.45) is 0 Å². The Kier molecular flexibility index (Phi) is 7.25. The summed E-state index contributed by atoms with van der Waals surface area (Å²) in [6.07, 6.45) is 0. The van der Waals surface area contributed by atoms with E-state index in [4.69, 9.17) is 32.7 Å². The number of benzene rings is 2. The molecule has 1 heterocycles. The Morgan fingerprint density at radius 2 is 1.87 bits per heavy atom. The number of aromatic nitrogens is 2. The number of anilines is 1. The summed E-state index contributed by atoms with van der Waals surface area (Å²) in [5, 5.41) is 3.82. The SMILES string of the molecule is COc1ccc(-c2cc(=O)[nH]c(SCC(=O)Nc3cc(Cl)ccc3Cl)n2)cc1OC. The number of rotatable bonds is 7. The standard InChI is InChI=1S/C20H17Cl2N3O4S/c1-28-16-6-3-11(7-17(16)29-2)14-9-18(26)25-20(24-14)30-10-19(27)23-15-8-12(21)4-5-13(15)22/h3-9H,10H2,1-2H3,(H,23,27)(H,24,25,26). The lowest BCUT2D eigenvalue weighted by atomic mass is 10.1. The second-order valence-electron chi connectivity index (χ2n) is 5.97. The topological polar surface area (TPSA) is 93.3 Å². The molecule has 0 unspecified atom stereocenters. The zero-order valence-corrected chi connectivity index (χ0v) is 18.3. The summed E-state index contributed by atoms with van der Waals surface area (Å²) in [7, 11) is 3.07. The second-order valence-corrected chi connectivity index (χ2v) is 7.77. The number of ether oxygens (including phenoxy) is 2. The zero-order chi connectivity index (χ0) is 21.7. The summed E-state index contributed by atoms with van der Waals surface area (Å²) in [5.74, 6) is 0.783. The lowest BCUT2D eigenvalue weighted by molar-refractivity contribution is -0.113. The third-order valence-electron chi connectivity index (χ3n) is 3.94. The van der Waals surface area contributed by atoms with Crippen molar-refractivity contribution in [3.63, 3.8) is 0 Å². The number of methoxy groups -OCH3 is 2. The molecule has 10 heteroatoms. The molecule has 0 aliphatic heterocycles. The van der Waals surface area contributed by atoms with Crippen LogP contribution in [0.1, 0.15) is 0 Å². The molecule has 2 aromatic carbocycles. The summed E-state index contributed by atoms with van der Waals surface area (Å²) in [6.45, 7) is 0. The maximum Gasteiger partial charge on any atom is 0.252 e. The molecule has 0 aliphatic carbocycles. The van der Waals surface area contributed by atoms with Gasteiger partial charge < -0.3 is 19.8 Å². The van der Waals surface area contributed by atoms with Crippen LogP contribution in [0.3, 0.4) is 0 Å². The molecule has 0 spiro atoms. The van der Waals surface area contributed by atoms with Crippen molar-refractivity contribution in [2.75, 3.05) is 25.3 Å². The van der Waals surface area contributed by atoms with Gasteiger partial charge in [0.15, 0.2) is 16.7 Å². The van der Waals surface area contributed by atoms with Gasteiger partial charge in [-0.1, -0.05) is 35.0 Å². The molecule has 2 N–H and O–H groups in total. The number of amides is 1. The first-order valence-corrected chi connectivity index (χ1v) is 10.3. The summed E-state index contributed by atoms with van der Waals surface area (Å²) in [4.78, 5) is 31.4. The van der Waals surface area contributed by atoms with Crippen LogP contribution in [0.4, 0.5) is 5.69 Å². The second kappa shape index (κ2) is 9.88. The minimum Gasteiger partial charge on any atom is -0.493 e. The number of H-pyrrole nitrogens is 1. The van der Waals surface area contributed by atoms with E-state index in [-0.39, 0.29) is 17.2 Å². The highest BCUT2D eigenvalue weighted by Crippen LogP contribution is 2.31. The molecule has 3 rings (SSSR count). The number of thioether (sulfide) groups is 1. The molecule has 30 heavy (non-hydrogen) atoms. The van der Waals surface area contributed by atoms with E-state index < -0.39 is 0 Å². The van der Waals surface area contributed by atoms with E-state index in [0.717, 1.165) is 11.8 Å². The molecule has 7 nitrogen and oxygen atoms in total. The van der Waals surface area contributed by atoms with Crippen LogP contribution in [0, 0.1) is 0 Å². The summed E-state index contributed by atoms with van der Waals surface area (Å²) in [6, 6.07) is 11.4. The minimum absolute atomic E-state index is 0.0150. The average Bonchev–Trinajstić information content (AvgIpc) is 2.74. The molecular formula is C20H17Cl2N3O4S. The Hall–Kier alpha value is -2.68. The predicted octanol–water partition coefficient (Wildman–Crippen LogP) is 4.49. The molecule has 0 saturated carbocycles. The highest BCUT2D eigenvalue weighted by Gasteiger charge is 2.12. The third-order valence-corrected chi connectivity index (χ3v) is 5.38. The fourth-order valence-corrected chi connectivity index (χ4v) is 3.57. The van der Waals surface area contributed by atoms with Crippen LogP contribution in [0.5, 0.6) is 11.5 Å². The number of hydrogen-bond acceptors (Lipinski definition) is 6. The van der Waals surface area contributed by atoms with Crippen LogP contribution in [-0.2, 0) is 4.79 Å². The van der Waals surface area contributed by atoms with Crippen molar-refractivity contribution >= 4 is 46.6 Å². The number of carbonyl (C=O) groups excluding carboxylic acids is 1. The van der Waals surface area contributed by atoms with Gasteiger partial charge in [0.05, 0.1) is 36.4 Å². The van der Waals surface area contributed by atoms with Crippen LogP contribution >= 0.6 is 35.0 Å². The Bertz CT molecular complexity index is 1140. The van der Waals surface area contributed by atoms with Gasteiger partial charge in [-0.25, -0.2) is 4.98 Å². The Morgan fingerprint density at radius 1 is 1.10 bits per heavy atom. The number of aromatic amines is 1. The van der Waals surface area contributed by atoms with Gasteiger partial charge in [0.25, 0.3) is 5.56 Å². The van der Waals surface area contributed by atoms with E-state index in [9.17, 15) is 9.59 Å². The highest BCUT2D eigenvalue weighted by atomic mass is 35.5. The molecule has 156 valence electrons. The number of halogens is 2. The quantitative estimate of drug-likeness (QED) is 0.394. The van der Waals surface area contributed by atoms with Crippen LogP contribution in [0.2, 0.25) is 10.0 Å². The lowest BCUT2D eigenvalue weighted by Gasteiger charge is -2.10. The molecule has 0 atom stereocenters. The van der Waals surface area contributed by atoms with Crippen molar-refractivity contribution in [1.82, 2.24) is 9.97 Å². The lowest BCUT2D eigenvalue weighted by Crippen LogP contribution is -2.15. The largest absolute Gasteiger partial charge is 0.493 e. The molecule has 0 saturated heterocycles. The zero-order valence-electron chi connectivity index (χ0n) is 16.0. The maximum atomic E-state index is 12.3. The van der Waals surface area contributed by atoms with Crippen molar-refractivity contribution in [3.8, 4) is 22.8 Å². The number of nitrogens with zero attached hydrogens (tertiary/aromatic N) is 1. The smallest absolute Gasteiger partial charge is 0.252 e. The van der Waals surface area contributed by atoms with Crippen LogP contribution < -0.4 is 20.3 Å². The normalized spacial score (nSPS) is 10.5. The molecular weight excluding hydrogens is 449 g/mol. The molecule has 1 aromatic heterocycles. The summed E-state index contributed by atoms with van der Waals surface area (Å²) in [5.41, 5.74) is 1.20. The van der Waals surface area contributed by atoms with E-state index in [1.165, 1.54) is 13.2 Å². The first-order valence-electron chi connectivity index (χ1n) is 8.61. The average molecular weight is 466 g/mol. The fourth-order valence-electron chi connectivity index (χ4n) is 2.56. The van der Waals surface area contributed by atoms with E-state index in [0.29, 0.717) is 43.6 Å². The number of hydrogen-bond donors (Lipinski definition) is 2. The maximum absolute atomic E-state index is 12.3. The molecule has 1 amide bonds. The van der Waals surface area contributed by atoms with Crippen LogP contribution in [0.15, 0.2) is 52.4 Å². The van der Waals surface area contributed by atoms with Crippen LogP contribution in [0.25, 0.3) is 11.3 Å². The summed E-state index contributed by atoms with van der Waals surface area (Å²) < 4.78 is 10.5. The fraction of sp³-hybridized carbons (Fsp3) is 0.150. The molecule has 0 fully saturated rings. The molecule has 0 bridgehead atoms.